The molecule has 110 valence electrons. The van der Waals surface area contributed by atoms with Crippen molar-refractivity contribution in [1.29, 1.82) is 0 Å². The van der Waals surface area contributed by atoms with Crippen LogP contribution in [0.2, 0.25) is 0 Å². The van der Waals surface area contributed by atoms with Gasteiger partial charge in [0.1, 0.15) is 12.3 Å². The van der Waals surface area contributed by atoms with Crippen LogP contribution >= 0.6 is 0 Å². The number of amides is 1. The van der Waals surface area contributed by atoms with Crippen molar-refractivity contribution in [2.45, 2.75) is 13.3 Å². The third-order valence-corrected chi connectivity index (χ3v) is 2.81. The summed E-state index contributed by atoms with van der Waals surface area (Å²) in [5.74, 6) is -0.268. The molecular formula is C14H20N2O4. The van der Waals surface area contributed by atoms with E-state index in [2.05, 4.69) is 4.74 Å². The van der Waals surface area contributed by atoms with Gasteiger partial charge in [-0.1, -0.05) is 6.92 Å². The molecule has 2 N–H and O–H groups in total. The van der Waals surface area contributed by atoms with E-state index >= 15 is 0 Å². The molecule has 6 heteroatoms. The van der Waals surface area contributed by atoms with Crippen LogP contribution in [0.25, 0.3) is 0 Å². The van der Waals surface area contributed by atoms with Crippen molar-refractivity contribution in [3.05, 3.63) is 23.8 Å². The maximum atomic E-state index is 12.4. The number of hydrogen-bond acceptors (Lipinski definition) is 5. The second kappa shape index (κ2) is 7.37. The van der Waals surface area contributed by atoms with Crippen LogP contribution < -0.4 is 10.5 Å². The molecule has 20 heavy (non-hydrogen) atoms. The summed E-state index contributed by atoms with van der Waals surface area (Å²) in [6.07, 6.45) is 0.745. The molecule has 0 atom stereocenters. The molecule has 0 spiro atoms. The normalized spacial score (nSPS) is 9.95. The fraction of sp³-hybridized carbons (Fsp3) is 0.429. The van der Waals surface area contributed by atoms with Crippen LogP contribution in [0.5, 0.6) is 5.75 Å². The SMILES string of the molecule is CCCN(CC(=O)OC)C(=O)c1ccc(N)c(OC)c1. The van der Waals surface area contributed by atoms with Crippen LogP contribution in [0.1, 0.15) is 23.7 Å². The molecule has 1 amide bonds. The summed E-state index contributed by atoms with van der Waals surface area (Å²) in [5.41, 5.74) is 6.60. The van der Waals surface area contributed by atoms with E-state index in [1.165, 1.54) is 19.1 Å². The first-order valence-electron chi connectivity index (χ1n) is 6.33. The molecule has 0 aliphatic heterocycles. The highest BCUT2D eigenvalue weighted by Crippen LogP contribution is 2.23. The van der Waals surface area contributed by atoms with Gasteiger partial charge in [-0.15, -0.1) is 0 Å². The summed E-state index contributed by atoms with van der Waals surface area (Å²) in [4.78, 5) is 25.2. The fourth-order valence-corrected chi connectivity index (χ4v) is 1.77. The molecule has 0 saturated carbocycles. The molecule has 0 fully saturated rings. The molecule has 0 aromatic heterocycles. The Bertz CT molecular complexity index is 488. The summed E-state index contributed by atoms with van der Waals surface area (Å²) >= 11 is 0. The zero-order valence-electron chi connectivity index (χ0n) is 12.0. The number of carbonyl (C=O) groups excluding carboxylic acids is 2. The number of nitrogen functional groups attached to an aromatic ring is 1. The molecule has 1 aromatic carbocycles. The maximum Gasteiger partial charge on any atom is 0.325 e. The zero-order chi connectivity index (χ0) is 15.1. The van der Waals surface area contributed by atoms with Crippen molar-refractivity contribution in [3.8, 4) is 5.75 Å². The van der Waals surface area contributed by atoms with Crippen molar-refractivity contribution in [2.24, 2.45) is 0 Å². The topological polar surface area (TPSA) is 81.9 Å². The number of rotatable bonds is 6. The van der Waals surface area contributed by atoms with Crippen molar-refractivity contribution in [3.63, 3.8) is 0 Å². The number of esters is 1. The molecule has 1 aromatic rings. The summed E-state index contributed by atoms with van der Waals surface area (Å²) < 4.78 is 9.69. The van der Waals surface area contributed by atoms with E-state index in [1.807, 2.05) is 6.92 Å². The Balaban J connectivity index is 2.96. The number of anilines is 1. The number of nitrogens with two attached hydrogens (primary N) is 1. The van der Waals surface area contributed by atoms with Crippen molar-refractivity contribution >= 4 is 17.6 Å². The van der Waals surface area contributed by atoms with Crippen molar-refractivity contribution in [2.75, 3.05) is 33.0 Å². The number of carbonyl (C=O) groups is 2. The molecule has 1 rings (SSSR count). The first-order chi connectivity index (χ1) is 9.53. The standard InChI is InChI=1S/C14H20N2O4/c1-4-7-16(9-13(17)20-3)14(18)10-5-6-11(15)12(8-10)19-2/h5-6,8H,4,7,9,15H2,1-3H3. The van der Waals surface area contributed by atoms with Crippen LogP contribution in [0.4, 0.5) is 5.69 Å². The summed E-state index contributed by atoms with van der Waals surface area (Å²) in [6.45, 7) is 2.33. The lowest BCUT2D eigenvalue weighted by atomic mass is 10.1. The average Bonchev–Trinajstić information content (AvgIpc) is 2.46. The lowest BCUT2D eigenvalue weighted by Gasteiger charge is -2.21. The van der Waals surface area contributed by atoms with E-state index < -0.39 is 5.97 Å². The van der Waals surface area contributed by atoms with E-state index in [1.54, 1.807) is 18.2 Å². The first-order valence-corrected chi connectivity index (χ1v) is 6.33. The van der Waals surface area contributed by atoms with Crippen molar-refractivity contribution < 1.29 is 19.1 Å². The monoisotopic (exact) mass is 280 g/mol. The van der Waals surface area contributed by atoms with Gasteiger partial charge in [0.15, 0.2) is 0 Å². The van der Waals surface area contributed by atoms with Crippen LogP contribution in [-0.2, 0) is 9.53 Å². The number of benzene rings is 1. The summed E-state index contributed by atoms with van der Waals surface area (Å²) in [5, 5.41) is 0. The van der Waals surface area contributed by atoms with Crippen LogP contribution in [-0.4, -0.2) is 44.1 Å². The van der Waals surface area contributed by atoms with Gasteiger partial charge in [0.2, 0.25) is 0 Å². The smallest absolute Gasteiger partial charge is 0.325 e. The molecule has 0 radical (unpaired) electrons. The van der Waals surface area contributed by atoms with Crippen molar-refractivity contribution in [1.82, 2.24) is 4.90 Å². The Hall–Kier alpha value is -2.24. The number of nitrogens with zero attached hydrogens (tertiary/aromatic N) is 1. The second-order valence-electron chi connectivity index (χ2n) is 4.26. The lowest BCUT2D eigenvalue weighted by molar-refractivity contribution is -0.141. The minimum Gasteiger partial charge on any atom is -0.495 e. The van der Waals surface area contributed by atoms with Gasteiger partial charge in [-0.25, -0.2) is 0 Å². The Morgan fingerprint density at radius 1 is 1.30 bits per heavy atom. The predicted octanol–water partition coefficient (Wildman–Crippen LogP) is 1.30. The first kappa shape index (κ1) is 15.8. The van der Waals surface area contributed by atoms with Gasteiger partial charge in [-0.3, -0.25) is 9.59 Å². The minimum absolute atomic E-state index is 0.0735. The third-order valence-electron chi connectivity index (χ3n) is 2.81. The molecule has 0 aliphatic carbocycles. The maximum absolute atomic E-state index is 12.4. The zero-order valence-corrected chi connectivity index (χ0v) is 12.0. The average molecular weight is 280 g/mol. The quantitative estimate of drug-likeness (QED) is 0.627. The van der Waals surface area contributed by atoms with Gasteiger partial charge in [0, 0.05) is 12.1 Å². The van der Waals surface area contributed by atoms with E-state index in [9.17, 15) is 9.59 Å². The Morgan fingerprint density at radius 2 is 2.00 bits per heavy atom. The van der Waals surface area contributed by atoms with E-state index in [-0.39, 0.29) is 12.5 Å². The van der Waals surface area contributed by atoms with Crippen LogP contribution in [0.3, 0.4) is 0 Å². The van der Waals surface area contributed by atoms with Crippen LogP contribution in [0.15, 0.2) is 18.2 Å². The number of methoxy groups -OCH3 is 2. The second-order valence-corrected chi connectivity index (χ2v) is 4.26. The molecule has 0 aliphatic rings. The highest BCUT2D eigenvalue weighted by Gasteiger charge is 2.19. The Morgan fingerprint density at radius 3 is 2.55 bits per heavy atom. The number of ether oxygens (including phenoxy) is 2. The fourth-order valence-electron chi connectivity index (χ4n) is 1.77. The largest absolute Gasteiger partial charge is 0.495 e. The van der Waals surface area contributed by atoms with E-state index in [0.29, 0.717) is 23.5 Å². The summed E-state index contributed by atoms with van der Waals surface area (Å²) in [6, 6.07) is 4.78. The molecule has 6 nitrogen and oxygen atoms in total. The predicted molar refractivity (Wildman–Crippen MR) is 75.6 cm³/mol. The summed E-state index contributed by atoms with van der Waals surface area (Å²) in [7, 11) is 2.78. The molecule has 0 heterocycles. The lowest BCUT2D eigenvalue weighted by Crippen LogP contribution is -2.36. The molecule has 0 unspecified atom stereocenters. The van der Waals surface area contributed by atoms with Gasteiger partial charge in [-0.2, -0.15) is 0 Å². The van der Waals surface area contributed by atoms with Gasteiger partial charge >= 0.3 is 5.97 Å². The van der Waals surface area contributed by atoms with Gasteiger partial charge in [-0.05, 0) is 24.6 Å². The molecule has 0 saturated heterocycles. The third kappa shape index (κ3) is 3.88. The number of hydrogen-bond donors (Lipinski definition) is 1. The minimum atomic E-state index is -0.450. The van der Waals surface area contributed by atoms with E-state index in [4.69, 9.17) is 10.5 Å². The van der Waals surface area contributed by atoms with Gasteiger partial charge in [0.05, 0.1) is 19.9 Å². The van der Waals surface area contributed by atoms with E-state index in [0.717, 1.165) is 6.42 Å². The molecule has 0 bridgehead atoms. The van der Waals surface area contributed by atoms with Gasteiger partial charge < -0.3 is 20.1 Å². The highest BCUT2D eigenvalue weighted by atomic mass is 16.5. The molecular weight excluding hydrogens is 260 g/mol. The van der Waals surface area contributed by atoms with Crippen LogP contribution in [0, 0.1) is 0 Å². The highest BCUT2D eigenvalue weighted by molar-refractivity contribution is 5.96. The Labute approximate surface area is 118 Å². The van der Waals surface area contributed by atoms with Gasteiger partial charge in [0.25, 0.3) is 5.91 Å². The Kier molecular flexibility index (Phi) is 5.83.